The summed E-state index contributed by atoms with van der Waals surface area (Å²) in [6.45, 7) is 2.52. The van der Waals surface area contributed by atoms with Gasteiger partial charge < -0.3 is 9.64 Å². The van der Waals surface area contributed by atoms with E-state index in [0.29, 0.717) is 12.3 Å². The van der Waals surface area contributed by atoms with Crippen LogP contribution in [-0.2, 0) is 17.1 Å². The minimum Gasteiger partial charge on any atom is -0.496 e. The molecule has 2 aromatic carbocycles. The van der Waals surface area contributed by atoms with Gasteiger partial charge in [-0.05, 0) is 30.7 Å². The van der Waals surface area contributed by atoms with Crippen molar-refractivity contribution in [2.24, 2.45) is 0 Å². The van der Waals surface area contributed by atoms with Crippen LogP contribution >= 0.6 is 11.8 Å². The molecule has 0 spiro atoms. The van der Waals surface area contributed by atoms with Crippen LogP contribution in [0.4, 0.5) is 4.39 Å². The van der Waals surface area contributed by atoms with Gasteiger partial charge in [-0.3, -0.25) is 4.79 Å². The van der Waals surface area contributed by atoms with Gasteiger partial charge in [0, 0.05) is 24.9 Å². The first-order valence-electron chi connectivity index (χ1n) is 7.69. The third-order valence-corrected chi connectivity index (χ3v) is 4.64. The molecule has 1 amide bonds. The van der Waals surface area contributed by atoms with E-state index in [-0.39, 0.29) is 11.7 Å². The molecule has 2 rings (SSSR count). The van der Waals surface area contributed by atoms with E-state index in [1.54, 1.807) is 43.0 Å². The van der Waals surface area contributed by atoms with Gasteiger partial charge in [0.05, 0.1) is 12.9 Å². The maximum Gasteiger partial charge on any atom is 0.232 e. The first kappa shape index (κ1) is 18.3. The quantitative estimate of drug-likeness (QED) is 0.757. The molecule has 0 aliphatic carbocycles. The molecule has 0 saturated carbocycles. The van der Waals surface area contributed by atoms with Crippen molar-refractivity contribution in [3.05, 3.63) is 65.0 Å². The fraction of sp³-hybridized carbons (Fsp3) is 0.316. The minimum absolute atomic E-state index is 0.0518. The molecule has 0 aliphatic heterocycles. The van der Waals surface area contributed by atoms with Gasteiger partial charge in [0.2, 0.25) is 5.91 Å². The fourth-order valence-corrected chi connectivity index (χ4v) is 3.27. The standard InChI is InChI=1S/C19H22FNO2S/c1-14-4-9-18(23-3)16(10-14)12-24-13-19(22)21(2)11-15-5-7-17(20)8-6-15/h4-10H,11-13H2,1-3H3. The molecule has 0 unspecified atom stereocenters. The lowest BCUT2D eigenvalue weighted by Crippen LogP contribution is -2.27. The van der Waals surface area contributed by atoms with Crippen molar-refractivity contribution in [2.75, 3.05) is 19.9 Å². The number of benzene rings is 2. The number of hydrogen-bond donors (Lipinski definition) is 0. The van der Waals surface area contributed by atoms with E-state index in [1.807, 2.05) is 19.1 Å². The third kappa shape index (κ3) is 5.27. The second-order valence-electron chi connectivity index (χ2n) is 5.68. The van der Waals surface area contributed by atoms with Crippen LogP contribution in [-0.4, -0.2) is 30.7 Å². The summed E-state index contributed by atoms with van der Waals surface area (Å²) in [7, 11) is 3.42. The summed E-state index contributed by atoms with van der Waals surface area (Å²) in [6, 6.07) is 12.3. The third-order valence-electron chi connectivity index (χ3n) is 3.68. The van der Waals surface area contributed by atoms with Crippen molar-refractivity contribution in [1.29, 1.82) is 0 Å². The number of amides is 1. The van der Waals surface area contributed by atoms with Gasteiger partial charge in [-0.25, -0.2) is 4.39 Å². The molecule has 0 aromatic heterocycles. The summed E-state index contributed by atoms with van der Waals surface area (Å²) in [5, 5.41) is 0. The smallest absolute Gasteiger partial charge is 0.232 e. The van der Waals surface area contributed by atoms with Crippen LogP contribution in [0.5, 0.6) is 5.75 Å². The largest absolute Gasteiger partial charge is 0.496 e. The zero-order valence-electron chi connectivity index (χ0n) is 14.2. The van der Waals surface area contributed by atoms with Crippen molar-refractivity contribution >= 4 is 17.7 Å². The highest BCUT2D eigenvalue weighted by molar-refractivity contribution is 7.99. The Labute approximate surface area is 146 Å². The Morgan fingerprint density at radius 1 is 1.21 bits per heavy atom. The molecule has 0 aliphatic rings. The van der Waals surface area contributed by atoms with E-state index in [4.69, 9.17) is 4.74 Å². The molecule has 0 atom stereocenters. The lowest BCUT2D eigenvalue weighted by atomic mass is 10.1. The summed E-state index contributed by atoms with van der Waals surface area (Å²) in [5.74, 6) is 1.75. The van der Waals surface area contributed by atoms with Crippen LogP contribution in [0.15, 0.2) is 42.5 Å². The molecule has 5 heteroatoms. The number of hydrogen-bond acceptors (Lipinski definition) is 3. The Morgan fingerprint density at radius 2 is 1.92 bits per heavy atom. The van der Waals surface area contributed by atoms with Gasteiger partial charge >= 0.3 is 0 Å². The van der Waals surface area contributed by atoms with Gasteiger partial charge in [0.15, 0.2) is 0 Å². The highest BCUT2D eigenvalue weighted by Crippen LogP contribution is 2.24. The summed E-state index contributed by atoms with van der Waals surface area (Å²) >= 11 is 1.56. The number of carbonyl (C=O) groups is 1. The lowest BCUT2D eigenvalue weighted by Gasteiger charge is -2.17. The van der Waals surface area contributed by atoms with Crippen LogP contribution < -0.4 is 4.74 Å². The number of ether oxygens (including phenoxy) is 1. The molecular formula is C19H22FNO2S. The molecule has 24 heavy (non-hydrogen) atoms. The summed E-state index contributed by atoms with van der Waals surface area (Å²) < 4.78 is 18.3. The van der Waals surface area contributed by atoms with E-state index in [0.717, 1.165) is 22.6 Å². The molecule has 0 heterocycles. The number of nitrogens with zero attached hydrogens (tertiary/aromatic N) is 1. The van der Waals surface area contributed by atoms with Crippen molar-refractivity contribution in [3.63, 3.8) is 0 Å². The molecule has 0 bridgehead atoms. The van der Waals surface area contributed by atoms with E-state index in [9.17, 15) is 9.18 Å². The Kier molecular flexibility index (Phi) is 6.67. The van der Waals surface area contributed by atoms with Crippen LogP contribution in [0.1, 0.15) is 16.7 Å². The number of thioether (sulfide) groups is 1. The van der Waals surface area contributed by atoms with Gasteiger partial charge in [-0.2, -0.15) is 0 Å². The number of carbonyl (C=O) groups excluding carboxylic acids is 1. The minimum atomic E-state index is -0.268. The fourth-order valence-electron chi connectivity index (χ4n) is 2.33. The van der Waals surface area contributed by atoms with E-state index in [2.05, 4.69) is 6.07 Å². The van der Waals surface area contributed by atoms with Gasteiger partial charge in [-0.15, -0.1) is 11.8 Å². The van der Waals surface area contributed by atoms with Gasteiger partial charge in [0.25, 0.3) is 0 Å². The Morgan fingerprint density at radius 3 is 2.58 bits per heavy atom. The van der Waals surface area contributed by atoms with Crippen LogP contribution in [0.2, 0.25) is 0 Å². The zero-order valence-corrected chi connectivity index (χ0v) is 15.0. The van der Waals surface area contributed by atoms with E-state index < -0.39 is 0 Å². The molecule has 0 fully saturated rings. The lowest BCUT2D eigenvalue weighted by molar-refractivity contribution is -0.127. The van der Waals surface area contributed by atoms with Gasteiger partial charge in [-0.1, -0.05) is 29.8 Å². The molecule has 3 nitrogen and oxygen atoms in total. The van der Waals surface area contributed by atoms with E-state index >= 15 is 0 Å². The second kappa shape index (κ2) is 8.73. The highest BCUT2D eigenvalue weighted by atomic mass is 32.2. The SMILES string of the molecule is COc1ccc(C)cc1CSCC(=O)N(C)Cc1ccc(F)cc1. The predicted molar refractivity (Wildman–Crippen MR) is 96.8 cm³/mol. The second-order valence-corrected chi connectivity index (χ2v) is 6.67. The number of methoxy groups -OCH3 is 1. The van der Waals surface area contributed by atoms with E-state index in [1.165, 1.54) is 17.7 Å². The Balaban J connectivity index is 1.84. The topological polar surface area (TPSA) is 29.5 Å². The highest BCUT2D eigenvalue weighted by Gasteiger charge is 2.11. The number of rotatable bonds is 7. The van der Waals surface area contributed by atoms with Crippen LogP contribution in [0, 0.1) is 12.7 Å². The maximum atomic E-state index is 12.9. The Bertz CT molecular complexity index is 688. The molecule has 0 saturated heterocycles. The van der Waals surface area contributed by atoms with Crippen molar-refractivity contribution in [3.8, 4) is 5.75 Å². The van der Waals surface area contributed by atoms with Crippen LogP contribution in [0.25, 0.3) is 0 Å². The molecule has 2 aromatic rings. The number of halogens is 1. The summed E-state index contributed by atoms with van der Waals surface area (Å²) in [6.07, 6.45) is 0. The zero-order chi connectivity index (χ0) is 17.5. The van der Waals surface area contributed by atoms with Crippen molar-refractivity contribution < 1.29 is 13.9 Å². The molecular weight excluding hydrogens is 325 g/mol. The molecule has 128 valence electrons. The summed E-state index contributed by atoms with van der Waals surface area (Å²) in [5.41, 5.74) is 3.18. The van der Waals surface area contributed by atoms with Crippen LogP contribution in [0.3, 0.4) is 0 Å². The average molecular weight is 347 g/mol. The average Bonchev–Trinajstić information content (AvgIpc) is 2.57. The van der Waals surface area contributed by atoms with Crippen molar-refractivity contribution in [2.45, 2.75) is 19.2 Å². The molecule has 0 N–H and O–H groups in total. The molecule has 0 radical (unpaired) electrons. The summed E-state index contributed by atoms with van der Waals surface area (Å²) in [4.78, 5) is 13.9. The number of aryl methyl sites for hydroxylation is 1. The predicted octanol–water partition coefficient (Wildman–Crippen LogP) is 4.03. The monoisotopic (exact) mass is 347 g/mol. The van der Waals surface area contributed by atoms with Crippen molar-refractivity contribution in [1.82, 2.24) is 4.90 Å². The first-order valence-corrected chi connectivity index (χ1v) is 8.84. The normalized spacial score (nSPS) is 10.5. The maximum absolute atomic E-state index is 12.9. The first-order chi connectivity index (χ1) is 11.5. The Hall–Kier alpha value is -2.01. The van der Waals surface area contributed by atoms with Gasteiger partial charge in [0.1, 0.15) is 11.6 Å².